The number of anilines is 1. The number of amides is 1. The number of ether oxygens (including phenoxy) is 2. The molecule has 1 amide bonds. The van der Waals surface area contributed by atoms with Crippen LogP contribution in [0.15, 0.2) is 77.2 Å². The van der Waals surface area contributed by atoms with Crippen LogP contribution in [0, 0.1) is 0 Å². The second kappa shape index (κ2) is 8.29. The molecule has 1 N–H and O–H groups in total. The first-order valence-electron chi connectivity index (χ1n) is 8.99. The number of rotatable bonds is 6. The van der Waals surface area contributed by atoms with Crippen LogP contribution in [-0.4, -0.2) is 13.0 Å². The van der Waals surface area contributed by atoms with E-state index >= 15 is 0 Å². The minimum Gasteiger partial charge on any atom is -0.495 e. The first-order valence-corrected chi connectivity index (χ1v) is 9.36. The molecule has 0 aliphatic heterocycles. The number of carbonyl (C=O) groups excluding carboxylic acids is 1. The Morgan fingerprint density at radius 3 is 2.59 bits per heavy atom. The normalized spacial score (nSPS) is 10.7. The van der Waals surface area contributed by atoms with Crippen LogP contribution in [0.3, 0.4) is 0 Å². The SMILES string of the molecule is COc1ccc(Cl)cc1NC(=O)c1oc2ccccc2c1COc1ccccc1. The van der Waals surface area contributed by atoms with Crippen molar-refractivity contribution in [2.75, 3.05) is 12.4 Å². The minimum absolute atomic E-state index is 0.184. The van der Waals surface area contributed by atoms with Crippen molar-refractivity contribution in [3.8, 4) is 11.5 Å². The van der Waals surface area contributed by atoms with Gasteiger partial charge in [-0.05, 0) is 36.4 Å². The minimum atomic E-state index is -0.409. The van der Waals surface area contributed by atoms with Crippen molar-refractivity contribution in [3.63, 3.8) is 0 Å². The van der Waals surface area contributed by atoms with Gasteiger partial charge >= 0.3 is 0 Å². The molecule has 0 bridgehead atoms. The first kappa shape index (κ1) is 18.9. The molecular weight excluding hydrogens is 390 g/mol. The summed E-state index contributed by atoms with van der Waals surface area (Å²) < 4.78 is 17.0. The van der Waals surface area contributed by atoms with E-state index in [-0.39, 0.29) is 12.4 Å². The van der Waals surface area contributed by atoms with Crippen molar-refractivity contribution in [3.05, 3.63) is 89.1 Å². The summed E-state index contributed by atoms with van der Waals surface area (Å²) in [5.41, 5.74) is 1.74. The summed E-state index contributed by atoms with van der Waals surface area (Å²) in [5, 5.41) is 4.13. The van der Waals surface area contributed by atoms with Crippen LogP contribution in [0.1, 0.15) is 16.1 Å². The molecule has 3 aromatic carbocycles. The predicted molar refractivity (Wildman–Crippen MR) is 113 cm³/mol. The van der Waals surface area contributed by atoms with E-state index in [1.807, 2.05) is 54.6 Å². The number of carbonyl (C=O) groups is 1. The fourth-order valence-corrected chi connectivity index (χ4v) is 3.23. The number of halogens is 1. The fourth-order valence-electron chi connectivity index (χ4n) is 3.05. The van der Waals surface area contributed by atoms with Gasteiger partial charge in [-0.15, -0.1) is 0 Å². The summed E-state index contributed by atoms with van der Waals surface area (Å²) in [7, 11) is 1.53. The molecule has 0 aliphatic rings. The molecule has 0 spiro atoms. The highest BCUT2D eigenvalue weighted by molar-refractivity contribution is 6.31. The lowest BCUT2D eigenvalue weighted by molar-refractivity contribution is 0.0995. The third-order valence-electron chi connectivity index (χ3n) is 4.44. The van der Waals surface area contributed by atoms with Gasteiger partial charge < -0.3 is 19.2 Å². The second-order valence-electron chi connectivity index (χ2n) is 6.31. The summed E-state index contributed by atoms with van der Waals surface area (Å²) in [6.45, 7) is 0.191. The zero-order valence-electron chi connectivity index (χ0n) is 15.6. The summed E-state index contributed by atoms with van der Waals surface area (Å²) >= 11 is 6.07. The van der Waals surface area contributed by atoms with E-state index in [1.165, 1.54) is 7.11 Å². The Hall–Kier alpha value is -3.44. The standard InChI is InChI=1S/C23H18ClNO4/c1-27-21-12-11-15(24)13-19(21)25-23(26)22-18(14-28-16-7-3-2-4-8-16)17-9-5-6-10-20(17)29-22/h2-13H,14H2,1H3,(H,25,26). The number of hydrogen-bond acceptors (Lipinski definition) is 4. The molecule has 0 saturated heterocycles. The molecule has 1 heterocycles. The van der Waals surface area contributed by atoms with Crippen molar-refractivity contribution < 1.29 is 18.7 Å². The van der Waals surface area contributed by atoms with Crippen LogP contribution >= 0.6 is 11.6 Å². The fraction of sp³-hybridized carbons (Fsp3) is 0.0870. The summed E-state index contributed by atoms with van der Waals surface area (Å²) in [5.74, 6) is 0.985. The van der Waals surface area contributed by atoms with E-state index in [2.05, 4.69) is 5.32 Å². The molecule has 0 atom stereocenters. The molecule has 4 aromatic rings. The van der Waals surface area contributed by atoms with Gasteiger partial charge in [-0.25, -0.2) is 0 Å². The molecular formula is C23H18ClNO4. The van der Waals surface area contributed by atoms with Crippen molar-refractivity contribution in [2.24, 2.45) is 0 Å². The highest BCUT2D eigenvalue weighted by Gasteiger charge is 2.22. The van der Waals surface area contributed by atoms with Crippen molar-refractivity contribution in [1.29, 1.82) is 0 Å². The Kier molecular flexibility index (Phi) is 5.40. The molecule has 1 aromatic heterocycles. The molecule has 0 radical (unpaired) electrons. The van der Waals surface area contributed by atoms with E-state index < -0.39 is 5.91 Å². The second-order valence-corrected chi connectivity index (χ2v) is 6.74. The lowest BCUT2D eigenvalue weighted by atomic mass is 10.1. The number of para-hydroxylation sites is 2. The lowest BCUT2D eigenvalue weighted by Gasteiger charge is -2.11. The van der Waals surface area contributed by atoms with Crippen LogP contribution in [0.4, 0.5) is 5.69 Å². The summed E-state index contributed by atoms with van der Waals surface area (Å²) in [6, 6.07) is 21.9. The number of nitrogens with one attached hydrogen (secondary N) is 1. The average Bonchev–Trinajstić information content (AvgIpc) is 3.12. The Morgan fingerprint density at radius 2 is 1.79 bits per heavy atom. The van der Waals surface area contributed by atoms with Crippen molar-refractivity contribution in [2.45, 2.75) is 6.61 Å². The number of benzene rings is 3. The Balaban J connectivity index is 1.67. The number of furan rings is 1. The zero-order chi connectivity index (χ0) is 20.2. The molecule has 0 unspecified atom stereocenters. The van der Waals surface area contributed by atoms with Crippen LogP contribution in [0.5, 0.6) is 11.5 Å². The molecule has 6 heteroatoms. The first-order chi connectivity index (χ1) is 14.2. The van der Waals surface area contributed by atoms with E-state index in [4.69, 9.17) is 25.5 Å². The molecule has 29 heavy (non-hydrogen) atoms. The Bertz CT molecular complexity index is 1150. The zero-order valence-corrected chi connectivity index (χ0v) is 16.4. The van der Waals surface area contributed by atoms with E-state index in [9.17, 15) is 4.79 Å². The Labute approximate surface area is 172 Å². The van der Waals surface area contributed by atoms with Gasteiger partial charge in [-0.1, -0.05) is 48.0 Å². The molecule has 4 rings (SSSR count). The van der Waals surface area contributed by atoms with Gasteiger partial charge in [0, 0.05) is 16.0 Å². The predicted octanol–water partition coefficient (Wildman–Crippen LogP) is 5.93. The Morgan fingerprint density at radius 1 is 1.03 bits per heavy atom. The van der Waals surface area contributed by atoms with Crippen LogP contribution in [0.2, 0.25) is 5.02 Å². The average molecular weight is 408 g/mol. The van der Waals surface area contributed by atoms with E-state index in [0.717, 1.165) is 5.39 Å². The number of fused-ring (bicyclic) bond motifs is 1. The lowest BCUT2D eigenvalue weighted by Crippen LogP contribution is -2.14. The number of hydrogen-bond donors (Lipinski definition) is 1. The quantitative estimate of drug-likeness (QED) is 0.430. The summed E-state index contributed by atoms with van der Waals surface area (Å²) in [6.07, 6.45) is 0. The van der Waals surface area contributed by atoms with Gasteiger partial charge in [0.2, 0.25) is 0 Å². The maximum absolute atomic E-state index is 13.0. The third-order valence-corrected chi connectivity index (χ3v) is 4.68. The summed E-state index contributed by atoms with van der Waals surface area (Å²) in [4.78, 5) is 13.0. The van der Waals surface area contributed by atoms with Crippen LogP contribution < -0.4 is 14.8 Å². The topological polar surface area (TPSA) is 60.7 Å². The van der Waals surface area contributed by atoms with E-state index in [1.54, 1.807) is 18.2 Å². The van der Waals surface area contributed by atoms with Gasteiger partial charge in [0.15, 0.2) is 5.76 Å². The highest BCUT2D eigenvalue weighted by atomic mass is 35.5. The van der Waals surface area contributed by atoms with Gasteiger partial charge in [0.25, 0.3) is 5.91 Å². The van der Waals surface area contributed by atoms with Crippen LogP contribution in [-0.2, 0) is 6.61 Å². The third kappa shape index (κ3) is 4.05. The van der Waals surface area contributed by atoms with Gasteiger partial charge in [0.05, 0.1) is 12.8 Å². The monoisotopic (exact) mass is 407 g/mol. The molecule has 0 aliphatic carbocycles. The van der Waals surface area contributed by atoms with Crippen molar-refractivity contribution >= 4 is 34.2 Å². The van der Waals surface area contributed by atoms with Gasteiger partial charge in [0.1, 0.15) is 23.7 Å². The highest BCUT2D eigenvalue weighted by Crippen LogP contribution is 2.31. The van der Waals surface area contributed by atoms with E-state index in [0.29, 0.717) is 33.4 Å². The molecule has 0 saturated carbocycles. The smallest absolute Gasteiger partial charge is 0.291 e. The van der Waals surface area contributed by atoms with Crippen molar-refractivity contribution in [1.82, 2.24) is 0 Å². The van der Waals surface area contributed by atoms with Crippen LogP contribution in [0.25, 0.3) is 11.0 Å². The molecule has 0 fully saturated rings. The van der Waals surface area contributed by atoms with Gasteiger partial charge in [-0.3, -0.25) is 4.79 Å². The maximum atomic E-state index is 13.0. The maximum Gasteiger partial charge on any atom is 0.291 e. The van der Waals surface area contributed by atoms with Gasteiger partial charge in [-0.2, -0.15) is 0 Å². The number of methoxy groups -OCH3 is 1. The largest absolute Gasteiger partial charge is 0.495 e. The molecule has 146 valence electrons. The molecule has 5 nitrogen and oxygen atoms in total.